The summed E-state index contributed by atoms with van der Waals surface area (Å²) in [5.41, 5.74) is 6.27. The summed E-state index contributed by atoms with van der Waals surface area (Å²) in [6, 6.07) is 16.0. The van der Waals surface area contributed by atoms with Crippen LogP contribution >= 0.6 is 0 Å². The van der Waals surface area contributed by atoms with Crippen molar-refractivity contribution < 1.29 is 9.84 Å². The molecule has 100 valence electrons. The van der Waals surface area contributed by atoms with Gasteiger partial charge in [0.1, 0.15) is 28.8 Å². The third-order valence-corrected chi connectivity index (χ3v) is 2.83. The number of rotatable bonds is 3. The van der Waals surface area contributed by atoms with E-state index in [0.29, 0.717) is 23.0 Å². The fourth-order valence-corrected chi connectivity index (χ4v) is 1.89. The van der Waals surface area contributed by atoms with Crippen molar-refractivity contribution in [2.24, 2.45) is 0 Å². The van der Waals surface area contributed by atoms with Crippen LogP contribution in [0.5, 0.6) is 17.2 Å². The number of nitrogens with two attached hydrogens (primary N) is 1. The number of nitrogens with zero attached hydrogens (tertiary/aromatic N) is 2. The van der Waals surface area contributed by atoms with Gasteiger partial charge in [-0.1, -0.05) is 18.2 Å². The van der Waals surface area contributed by atoms with Crippen molar-refractivity contribution in [2.45, 2.75) is 0 Å². The lowest BCUT2D eigenvalue weighted by atomic mass is 10.2. The van der Waals surface area contributed by atoms with E-state index in [1.54, 1.807) is 24.4 Å². The maximum Gasteiger partial charge on any atom is 0.145 e. The fourth-order valence-electron chi connectivity index (χ4n) is 1.89. The maximum atomic E-state index is 10.1. The minimum Gasteiger partial charge on any atom is -0.506 e. The Kier molecular flexibility index (Phi) is 3.01. The van der Waals surface area contributed by atoms with Gasteiger partial charge >= 0.3 is 0 Å². The molecule has 2 aromatic carbocycles. The van der Waals surface area contributed by atoms with Crippen molar-refractivity contribution in [1.82, 2.24) is 9.78 Å². The molecule has 1 aromatic heterocycles. The molecule has 20 heavy (non-hydrogen) atoms. The largest absolute Gasteiger partial charge is 0.506 e. The lowest BCUT2D eigenvalue weighted by Gasteiger charge is -2.10. The summed E-state index contributed by atoms with van der Waals surface area (Å²) in [6.07, 6.45) is 1.57. The van der Waals surface area contributed by atoms with Crippen LogP contribution < -0.4 is 10.5 Å². The number of para-hydroxylation sites is 1. The Balaban J connectivity index is 1.90. The van der Waals surface area contributed by atoms with Gasteiger partial charge in [0.15, 0.2) is 0 Å². The lowest BCUT2D eigenvalue weighted by Crippen LogP contribution is -2.01. The van der Waals surface area contributed by atoms with Gasteiger partial charge < -0.3 is 15.6 Å². The number of phenolic OH excluding ortho intramolecular Hbond substituents is 1. The van der Waals surface area contributed by atoms with E-state index in [1.807, 2.05) is 30.3 Å². The van der Waals surface area contributed by atoms with E-state index in [2.05, 4.69) is 5.10 Å². The molecule has 3 N–H and O–H groups in total. The zero-order valence-electron chi connectivity index (χ0n) is 10.6. The van der Waals surface area contributed by atoms with E-state index in [9.17, 15) is 5.11 Å². The molecule has 0 bridgehead atoms. The molecule has 0 saturated heterocycles. The standard InChI is InChI=1S/C15H13N3O2/c16-15-8-9-17-18(15)13-7-6-12(10-14(13)19)20-11-4-2-1-3-5-11/h1-10,19H,16H2. The van der Waals surface area contributed by atoms with Gasteiger partial charge in [-0.15, -0.1) is 0 Å². The van der Waals surface area contributed by atoms with Crippen molar-refractivity contribution in [3.8, 4) is 22.9 Å². The number of nitrogen functional groups attached to an aromatic ring is 1. The van der Waals surface area contributed by atoms with Crippen LogP contribution in [-0.2, 0) is 0 Å². The van der Waals surface area contributed by atoms with Crippen LogP contribution in [-0.4, -0.2) is 14.9 Å². The smallest absolute Gasteiger partial charge is 0.145 e. The third kappa shape index (κ3) is 2.29. The van der Waals surface area contributed by atoms with Crippen molar-refractivity contribution >= 4 is 5.82 Å². The molecule has 0 saturated carbocycles. The Morgan fingerprint density at radius 1 is 1.00 bits per heavy atom. The van der Waals surface area contributed by atoms with Gasteiger partial charge in [-0.2, -0.15) is 5.10 Å². The second kappa shape index (κ2) is 4.97. The van der Waals surface area contributed by atoms with Crippen molar-refractivity contribution in [3.63, 3.8) is 0 Å². The molecule has 0 spiro atoms. The third-order valence-electron chi connectivity index (χ3n) is 2.83. The molecule has 0 aliphatic carbocycles. The molecule has 0 fully saturated rings. The number of anilines is 1. The molecule has 3 rings (SSSR count). The van der Waals surface area contributed by atoms with Gasteiger partial charge in [0, 0.05) is 12.1 Å². The van der Waals surface area contributed by atoms with Crippen molar-refractivity contribution in [3.05, 3.63) is 60.8 Å². The molecular weight excluding hydrogens is 254 g/mol. The van der Waals surface area contributed by atoms with Gasteiger partial charge in [-0.3, -0.25) is 0 Å². The van der Waals surface area contributed by atoms with Gasteiger partial charge in [0.2, 0.25) is 0 Å². The summed E-state index contributed by atoms with van der Waals surface area (Å²) in [5.74, 6) is 1.76. The number of aromatic nitrogens is 2. The van der Waals surface area contributed by atoms with E-state index < -0.39 is 0 Å². The van der Waals surface area contributed by atoms with Gasteiger partial charge in [-0.25, -0.2) is 4.68 Å². The summed E-state index contributed by atoms with van der Waals surface area (Å²) in [4.78, 5) is 0. The Hall–Kier alpha value is -2.95. The zero-order valence-corrected chi connectivity index (χ0v) is 10.6. The lowest BCUT2D eigenvalue weighted by molar-refractivity contribution is 0.452. The predicted octanol–water partition coefficient (Wildman–Crippen LogP) is 2.95. The van der Waals surface area contributed by atoms with Crippen LogP contribution in [0.2, 0.25) is 0 Å². The van der Waals surface area contributed by atoms with Crippen molar-refractivity contribution in [1.29, 1.82) is 0 Å². The SMILES string of the molecule is Nc1ccnn1-c1ccc(Oc2ccccc2)cc1O. The Labute approximate surface area is 115 Å². The van der Waals surface area contributed by atoms with Crippen LogP contribution in [0.4, 0.5) is 5.82 Å². The monoisotopic (exact) mass is 267 g/mol. The quantitative estimate of drug-likeness (QED) is 0.765. The predicted molar refractivity (Wildman–Crippen MR) is 76.2 cm³/mol. The Morgan fingerprint density at radius 2 is 1.80 bits per heavy atom. The van der Waals surface area contributed by atoms with E-state index >= 15 is 0 Å². The summed E-state index contributed by atoms with van der Waals surface area (Å²) in [5, 5.41) is 14.1. The summed E-state index contributed by atoms with van der Waals surface area (Å²) >= 11 is 0. The molecule has 3 aromatic rings. The van der Waals surface area contributed by atoms with E-state index in [1.165, 1.54) is 10.7 Å². The molecule has 0 radical (unpaired) electrons. The molecular formula is C15H13N3O2. The van der Waals surface area contributed by atoms with Crippen LogP contribution in [0.3, 0.4) is 0 Å². The summed E-state index contributed by atoms with van der Waals surface area (Å²) in [6.45, 7) is 0. The molecule has 5 heteroatoms. The molecule has 0 amide bonds. The van der Waals surface area contributed by atoms with Crippen LogP contribution in [0, 0.1) is 0 Å². The molecule has 0 aliphatic heterocycles. The second-order valence-corrected chi connectivity index (χ2v) is 4.23. The van der Waals surface area contributed by atoms with E-state index in [-0.39, 0.29) is 5.75 Å². The molecule has 1 heterocycles. The van der Waals surface area contributed by atoms with Crippen molar-refractivity contribution in [2.75, 3.05) is 5.73 Å². The van der Waals surface area contributed by atoms with E-state index in [4.69, 9.17) is 10.5 Å². The highest BCUT2D eigenvalue weighted by Gasteiger charge is 2.09. The van der Waals surface area contributed by atoms with Gasteiger partial charge in [0.25, 0.3) is 0 Å². The normalized spacial score (nSPS) is 10.4. The highest BCUT2D eigenvalue weighted by Crippen LogP contribution is 2.30. The van der Waals surface area contributed by atoms with Gasteiger partial charge in [0.05, 0.1) is 6.20 Å². The number of phenols is 1. The Morgan fingerprint density at radius 3 is 2.45 bits per heavy atom. The highest BCUT2D eigenvalue weighted by molar-refractivity contribution is 5.53. The van der Waals surface area contributed by atoms with Crippen LogP contribution in [0.1, 0.15) is 0 Å². The molecule has 0 atom stereocenters. The number of ether oxygens (including phenoxy) is 1. The fraction of sp³-hybridized carbons (Fsp3) is 0. The zero-order chi connectivity index (χ0) is 13.9. The first-order chi connectivity index (χ1) is 9.74. The average Bonchev–Trinajstić information content (AvgIpc) is 2.86. The molecule has 0 unspecified atom stereocenters. The molecule has 5 nitrogen and oxygen atoms in total. The van der Waals surface area contributed by atoms with E-state index in [0.717, 1.165) is 0 Å². The minimum absolute atomic E-state index is 0.0498. The summed E-state index contributed by atoms with van der Waals surface area (Å²) < 4.78 is 7.10. The first kappa shape index (κ1) is 12.1. The topological polar surface area (TPSA) is 73.3 Å². The maximum absolute atomic E-state index is 10.1. The number of hydrogen-bond acceptors (Lipinski definition) is 4. The first-order valence-corrected chi connectivity index (χ1v) is 6.10. The minimum atomic E-state index is 0.0498. The Bertz CT molecular complexity index is 723. The highest BCUT2D eigenvalue weighted by atomic mass is 16.5. The number of aromatic hydroxyl groups is 1. The number of benzene rings is 2. The summed E-state index contributed by atoms with van der Waals surface area (Å²) in [7, 11) is 0. The second-order valence-electron chi connectivity index (χ2n) is 4.23. The molecule has 0 aliphatic rings. The first-order valence-electron chi connectivity index (χ1n) is 6.10. The average molecular weight is 267 g/mol. The number of hydrogen-bond donors (Lipinski definition) is 2. The van der Waals surface area contributed by atoms with Crippen LogP contribution in [0.15, 0.2) is 60.8 Å². The van der Waals surface area contributed by atoms with Crippen LogP contribution in [0.25, 0.3) is 5.69 Å². The van der Waals surface area contributed by atoms with Gasteiger partial charge in [-0.05, 0) is 24.3 Å².